The van der Waals surface area contributed by atoms with Gasteiger partial charge in [-0.3, -0.25) is 9.69 Å². The van der Waals surface area contributed by atoms with E-state index in [1.54, 1.807) is 0 Å². The average Bonchev–Trinajstić information content (AvgIpc) is 2.71. The van der Waals surface area contributed by atoms with Gasteiger partial charge in [-0.25, -0.2) is 0 Å². The zero-order chi connectivity index (χ0) is 10.7. The van der Waals surface area contributed by atoms with Crippen LogP contribution in [0.25, 0.3) is 0 Å². The first-order valence-corrected chi connectivity index (χ1v) is 5.41. The molecule has 1 N–H and O–H groups in total. The van der Waals surface area contributed by atoms with E-state index < -0.39 is 12.0 Å². The van der Waals surface area contributed by atoms with Crippen molar-refractivity contribution in [3.05, 3.63) is 11.1 Å². The lowest BCUT2D eigenvalue weighted by Gasteiger charge is -2.31. The molecule has 2 heterocycles. The van der Waals surface area contributed by atoms with Gasteiger partial charge in [-0.1, -0.05) is 4.49 Å². The molecule has 1 fully saturated rings. The lowest BCUT2D eigenvalue weighted by atomic mass is 10.2. The van der Waals surface area contributed by atoms with E-state index in [0.717, 1.165) is 5.69 Å². The molecule has 1 aromatic heterocycles. The van der Waals surface area contributed by atoms with Crippen LogP contribution < -0.4 is 0 Å². The van der Waals surface area contributed by atoms with Crippen molar-refractivity contribution in [3.8, 4) is 0 Å². The molecule has 15 heavy (non-hydrogen) atoms. The third kappa shape index (κ3) is 2.49. The van der Waals surface area contributed by atoms with Gasteiger partial charge in [0.15, 0.2) is 0 Å². The summed E-state index contributed by atoms with van der Waals surface area (Å²) in [6.45, 7) is 1.96. The smallest absolute Gasteiger partial charge is 0.323 e. The number of aliphatic carboxylic acids is 1. The minimum Gasteiger partial charge on any atom is -0.480 e. The molecule has 0 bridgehead atoms. The van der Waals surface area contributed by atoms with E-state index in [9.17, 15) is 4.79 Å². The highest BCUT2D eigenvalue weighted by molar-refractivity contribution is 7.03. The van der Waals surface area contributed by atoms with Crippen molar-refractivity contribution in [2.24, 2.45) is 0 Å². The fourth-order valence-electron chi connectivity index (χ4n) is 1.52. The van der Waals surface area contributed by atoms with Gasteiger partial charge in [-0.05, 0) is 11.5 Å². The second-order valence-corrected chi connectivity index (χ2v) is 3.91. The van der Waals surface area contributed by atoms with E-state index in [4.69, 9.17) is 9.84 Å². The van der Waals surface area contributed by atoms with Crippen molar-refractivity contribution in [2.75, 3.05) is 19.8 Å². The Morgan fingerprint density at radius 1 is 1.80 bits per heavy atom. The van der Waals surface area contributed by atoms with Crippen LogP contribution in [-0.2, 0) is 16.1 Å². The topological polar surface area (TPSA) is 75.6 Å². The van der Waals surface area contributed by atoms with E-state index >= 15 is 0 Å². The average molecular weight is 229 g/mol. The van der Waals surface area contributed by atoms with Gasteiger partial charge < -0.3 is 9.84 Å². The van der Waals surface area contributed by atoms with Crippen LogP contribution in [0.15, 0.2) is 5.38 Å². The summed E-state index contributed by atoms with van der Waals surface area (Å²) in [5.74, 6) is -0.849. The lowest BCUT2D eigenvalue weighted by molar-refractivity contribution is -0.150. The van der Waals surface area contributed by atoms with Crippen molar-refractivity contribution >= 4 is 17.5 Å². The molecule has 0 aliphatic carbocycles. The first kappa shape index (κ1) is 10.5. The Kier molecular flexibility index (Phi) is 3.24. The van der Waals surface area contributed by atoms with E-state index in [1.807, 2.05) is 10.3 Å². The first-order valence-electron chi connectivity index (χ1n) is 4.58. The third-order valence-electron chi connectivity index (χ3n) is 2.29. The zero-order valence-electron chi connectivity index (χ0n) is 8.00. The maximum atomic E-state index is 10.9. The number of ether oxygens (including phenoxy) is 1. The van der Waals surface area contributed by atoms with Crippen molar-refractivity contribution < 1.29 is 14.6 Å². The predicted molar refractivity (Wildman–Crippen MR) is 52.6 cm³/mol. The number of nitrogens with zero attached hydrogens (tertiary/aromatic N) is 3. The Labute approximate surface area is 90.6 Å². The van der Waals surface area contributed by atoms with Crippen molar-refractivity contribution in [2.45, 2.75) is 12.6 Å². The van der Waals surface area contributed by atoms with Crippen LogP contribution in [0.3, 0.4) is 0 Å². The summed E-state index contributed by atoms with van der Waals surface area (Å²) in [4.78, 5) is 12.8. The molecule has 0 amide bonds. The molecule has 1 aromatic rings. The van der Waals surface area contributed by atoms with Crippen molar-refractivity contribution in [1.82, 2.24) is 14.5 Å². The summed E-state index contributed by atoms with van der Waals surface area (Å²) in [5, 5.41) is 14.7. The fraction of sp³-hybridized carbons (Fsp3) is 0.625. The first-order chi connectivity index (χ1) is 7.27. The van der Waals surface area contributed by atoms with E-state index in [0.29, 0.717) is 19.7 Å². The molecule has 1 aliphatic rings. The number of aromatic nitrogens is 2. The SMILES string of the molecule is O=C(O)C1COCCN1Cc1csnn1. The van der Waals surface area contributed by atoms with Crippen LogP contribution in [0.4, 0.5) is 0 Å². The molecule has 0 aromatic carbocycles. The highest BCUT2D eigenvalue weighted by Crippen LogP contribution is 2.11. The van der Waals surface area contributed by atoms with Gasteiger partial charge in [0.25, 0.3) is 0 Å². The predicted octanol–water partition coefficient (Wildman–Crippen LogP) is -0.177. The molecule has 0 saturated carbocycles. The highest BCUT2D eigenvalue weighted by atomic mass is 32.1. The quantitative estimate of drug-likeness (QED) is 0.775. The molecular weight excluding hydrogens is 218 g/mol. The molecule has 1 saturated heterocycles. The molecule has 7 heteroatoms. The summed E-state index contributed by atoms with van der Waals surface area (Å²) >= 11 is 1.27. The van der Waals surface area contributed by atoms with Crippen LogP contribution >= 0.6 is 11.5 Å². The van der Waals surface area contributed by atoms with Gasteiger partial charge in [0.05, 0.1) is 18.9 Å². The minimum atomic E-state index is -0.849. The number of hydrogen-bond donors (Lipinski definition) is 1. The molecule has 2 rings (SSSR count). The summed E-state index contributed by atoms with van der Waals surface area (Å²) in [7, 11) is 0. The molecule has 0 radical (unpaired) electrons. The number of hydrogen-bond acceptors (Lipinski definition) is 6. The van der Waals surface area contributed by atoms with Crippen LogP contribution in [0.1, 0.15) is 5.69 Å². The van der Waals surface area contributed by atoms with Gasteiger partial charge >= 0.3 is 5.97 Å². The van der Waals surface area contributed by atoms with E-state index in [2.05, 4.69) is 9.59 Å². The Hall–Kier alpha value is -1.05. The number of carboxylic acids is 1. The van der Waals surface area contributed by atoms with Crippen LogP contribution in [0.2, 0.25) is 0 Å². The van der Waals surface area contributed by atoms with Crippen LogP contribution in [-0.4, -0.2) is 51.4 Å². The lowest BCUT2D eigenvalue weighted by Crippen LogP contribution is -2.49. The molecule has 0 spiro atoms. The molecule has 82 valence electrons. The zero-order valence-corrected chi connectivity index (χ0v) is 8.81. The summed E-state index contributed by atoms with van der Waals surface area (Å²) in [5.41, 5.74) is 0.813. The molecule has 6 nitrogen and oxygen atoms in total. The molecule has 1 aliphatic heterocycles. The van der Waals surface area contributed by atoms with Gasteiger partial charge in [0.2, 0.25) is 0 Å². The number of rotatable bonds is 3. The normalized spacial score (nSPS) is 22.8. The van der Waals surface area contributed by atoms with Crippen molar-refractivity contribution in [1.29, 1.82) is 0 Å². The summed E-state index contributed by atoms with van der Waals surface area (Å²) in [6, 6.07) is -0.569. The van der Waals surface area contributed by atoms with Gasteiger partial charge in [0, 0.05) is 18.5 Å². The monoisotopic (exact) mass is 229 g/mol. The second kappa shape index (κ2) is 4.65. The summed E-state index contributed by atoms with van der Waals surface area (Å²) in [6.07, 6.45) is 0. The largest absolute Gasteiger partial charge is 0.480 e. The second-order valence-electron chi connectivity index (χ2n) is 3.30. The van der Waals surface area contributed by atoms with Crippen LogP contribution in [0, 0.1) is 0 Å². The third-order valence-corrected chi connectivity index (χ3v) is 2.85. The highest BCUT2D eigenvalue weighted by Gasteiger charge is 2.29. The Bertz CT molecular complexity index is 330. The van der Waals surface area contributed by atoms with Gasteiger partial charge in [-0.2, -0.15) is 0 Å². The van der Waals surface area contributed by atoms with Crippen molar-refractivity contribution in [3.63, 3.8) is 0 Å². The Morgan fingerprint density at radius 2 is 2.67 bits per heavy atom. The van der Waals surface area contributed by atoms with Crippen LogP contribution in [0.5, 0.6) is 0 Å². The fourth-order valence-corrected chi connectivity index (χ4v) is 1.96. The van der Waals surface area contributed by atoms with Gasteiger partial charge in [-0.15, -0.1) is 5.10 Å². The van der Waals surface area contributed by atoms with E-state index in [-0.39, 0.29) is 6.61 Å². The molecule has 1 unspecified atom stereocenters. The maximum Gasteiger partial charge on any atom is 0.323 e. The maximum absolute atomic E-state index is 10.9. The standard InChI is InChI=1S/C8H11N3O3S/c12-8(13)7-4-14-2-1-11(7)3-6-5-15-10-9-6/h5,7H,1-4H2,(H,12,13). The number of carboxylic acid groups (broad SMARTS) is 1. The van der Waals surface area contributed by atoms with E-state index in [1.165, 1.54) is 11.5 Å². The number of morpholine rings is 1. The molecule has 1 atom stereocenters. The molecular formula is C8H11N3O3S. The Morgan fingerprint density at radius 3 is 3.33 bits per heavy atom. The van der Waals surface area contributed by atoms with Gasteiger partial charge in [0.1, 0.15) is 6.04 Å². The minimum absolute atomic E-state index is 0.243. The Balaban J connectivity index is 2.02. The summed E-state index contributed by atoms with van der Waals surface area (Å²) < 4.78 is 8.88. The number of carbonyl (C=O) groups is 1.